The molecule has 1 fully saturated rings. The lowest BCUT2D eigenvalue weighted by Gasteiger charge is -2.19. The summed E-state index contributed by atoms with van der Waals surface area (Å²) in [4.78, 5) is 0. The largest absolute Gasteiger partial charge is 0.494 e. The van der Waals surface area contributed by atoms with Gasteiger partial charge < -0.3 is 15.6 Å². The van der Waals surface area contributed by atoms with Crippen LogP contribution in [0.15, 0.2) is 18.2 Å². The van der Waals surface area contributed by atoms with Crippen LogP contribution in [0.5, 0.6) is 5.75 Å². The fourth-order valence-electron chi connectivity index (χ4n) is 1.82. The monoisotopic (exact) mass is 225 g/mol. The van der Waals surface area contributed by atoms with Gasteiger partial charge in [0.05, 0.1) is 19.3 Å². The van der Waals surface area contributed by atoms with Gasteiger partial charge in [0.1, 0.15) is 0 Å². The summed E-state index contributed by atoms with van der Waals surface area (Å²) >= 11 is 0. The van der Waals surface area contributed by atoms with E-state index in [1.165, 1.54) is 19.2 Å². The number of hydrogen-bond donors (Lipinski definition) is 2. The molecule has 0 aliphatic heterocycles. The van der Waals surface area contributed by atoms with Crippen molar-refractivity contribution < 1.29 is 14.2 Å². The van der Waals surface area contributed by atoms with E-state index in [1.807, 2.05) is 0 Å². The zero-order chi connectivity index (χ0) is 11.7. The molecule has 3 nitrogen and oxygen atoms in total. The van der Waals surface area contributed by atoms with Crippen molar-refractivity contribution in [3.63, 3.8) is 0 Å². The summed E-state index contributed by atoms with van der Waals surface area (Å²) in [5.41, 5.74) is 6.49. The first kappa shape index (κ1) is 11.4. The highest BCUT2D eigenvalue weighted by Crippen LogP contribution is 2.37. The van der Waals surface area contributed by atoms with Crippen molar-refractivity contribution in [3.8, 4) is 5.75 Å². The minimum absolute atomic E-state index is 0.192. The average molecular weight is 225 g/mol. The average Bonchev–Trinajstić information content (AvgIpc) is 3.11. The number of aliphatic hydroxyl groups is 1. The summed E-state index contributed by atoms with van der Waals surface area (Å²) in [7, 11) is 1.41. The standard InChI is InChI=1S/C12H16FNO2/c1-16-10-5-4-8(6-9(10)13)11(14)12(15)7-2-3-7/h4-7,11-12,15H,2-3,14H2,1H3/t11-,12+/m1/s1. The van der Waals surface area contributed by atoms with Crippen LogP contribution in [0.4, 0.5) is 4.39 Å². The maximum absolute atomic E-state index is 13.4. The van der Waals surface area contributed by atoms with E-state index in [4.69, 9.17) is 10.5 Å². The molecule has 3 N–H and O–H groups in total. The summed E-state index contributed by atoms with van der Waals surface area (Å²) in [6.45, 7) is 0. The van der Waals surface area contributed by atoms with Crippen molar-refractivity contribution >= 4 is 0 Å². The topological polar surface area (TPSA) is 55.5 Å². The number of hydrogen-bond acceptors (Lipinski definition) is 3. The summed E-state index contributed by atoms with van der Waals surface area (Å²) in [6.07, 6.45) is 1.44. The smallest absolute Gasteiger partial charge is 0.165 e. The zero-order valence-corrected chi connectivity index (χ0v) is 9.19. The number of ether oxygens (including phenoxy) is 1. The van der Waals surface area contributed by atoms with Crippen LogP contribution in [0.3, 0.4) is 0 Å². The van der Waals surface area contributed by atoms with Gasteiger partial charge in [-0.2, -0.15) is 0 Å². The van der Waals surface area contributed by atoms with E-state index in [1.54, 1.807) is 6.07 Å². The molecule has 2 atom stereocenters. The fourth-order valence-corrected chi connectivity index (χ4v) is 1.82. The van der Waals surface area contributed by atoms with Crippen molar-refractivity contribution in [2.24, 2.45) is 11.7 Å². The Kier molecular flexibility index (Phi) is 3.12. The molecule has 0 bridgehead atoms. The van der Waals surface area contributed by atoms with Crippen molar-refractivity contribution in [3.05, 3.63) is 29.6 Å². The van der Waals surface area contributed by atoms with Crippen LogP contribution in [-0.2, 0) is 0 Å². The molecular weight excluding hydrogens is 209 g/mol. The molecule has 1 aliphatic rings. The number of rotatable bonds is 4. The molecule has 1 saturated carbocycles. The van der Waals surface area contributed by atoms with Gasteiger partial charge >= 0.3 is 0 Å². The molecular formula is C12H16FNO2. The third kappa shape index (κ3) is 2.18. The zero-order valence-electron chi connectivity index (χ0n) is 9.19. The Morgan fingerprint density at radius 1 is 1.50 bits per heavy atom. The molecule has 1 aromatic carbocycles. The Bertz CT molecular complexity index is 379. The molecule has 0 saturated heterocycles. The SMILES string of the molecule is COc1ccc([C@@H](N)[C@@H](O)C2CC2)cc1F. The highest BCUT2D eigenvalue weighted by Gasteiger charge is 2.34. The number of aliphatic hydroxyl groups excluding tert-OH is 1. The highest BCUT2D eigenvalue weighted by molar-refractivity contribution is 5.31. The van der Waals surface area contributed by atoms with E-state index in [9.17, 15) is 9.50 Å². The van der Waals surface area contributed by atoms with Gasteiger partial charge in [-0.3, -0.25) is 0 Å². The summed E-state index contributed by atoms with van der Waals surface area (Å²) in [6, 6.07) is 4.03. The van der Waals surface area contributed by atoms with Crippen LogP contribution in [0.2, 0.25) is 0 Å². The minimum atomic E-state index is -0.576. The molecule has 0 heterocycles. The van der Waals surface area contributed by atoms with Gasteiger partial charge in [0, 0.05) is 0 Å². The second-order valence-electron chi connectivity index (χ2n) is 4.25. The minimum Gasteiger partial charge on any atom is -0.494 e. The van der Waals surface area contributed by atoms with Crippen LogP contribution >= 0.6 is 0 Å². The molecule has 0 amide bonds. The molecule has 0 spiro atoms. The molecule has 0 unspecified atom stereocenters. The molecule has 2 rings (SSSR count). The van der Waals surface area contributed by atoms with Crippen LogP contribution in [0, 0.1) is 11.7 Å². The lowest BCUT2D eigenvalue weighted by Crippen LogP contribution is -2.27. The van der Waals surface area contributed by atoms with Gasteiger partial charge in [0.15, 0.2) is 11.6 Å². The third-order valence-corrected chi connectivity index (χ3v) is 3.03. The van der Waals surface area contributed by atoms with Crippen LogP contribution in [-0.4, -0.2) is 18.3 Å². The quantitative estimate of drug-likeness (QED) is 0.818. The predicted octanol–water partition coefficient (Wildman–Crippen LogP) is 1.60. The van der Waals surface area contributed by atoms with Crippen molar-refractivity contribution in [2.45, 2.75) is 25.0 Å². The Labute approximate surface area is 94.0 Å². The Morgan fingerprint density at radius 2 is 2.19 bits per heavy atom. The number of methoxy groups -OCH3 is 1. The first-order valence-electron chi connectivity index (χ1n) is 5.40. The van der Waals surface area contributed by atoms with Crippen LogP contribution < -0.4 is 10.5 Å². The molecule has 0 radical (unpaired) electrons. The first-order chi connectivity index (χ1) is 7.63. The number of halogens is 1. The maximum atomic E-state index is 13.4. The summed E-state index contributed by atoms with van der Waals surface area (Å²) in [5, 5.41) is 9.85. The van der Waals surface area contributed by atoms with E-state index in [2.05, 4.69) is 0 Å². The molecule has 88 valence electrons. The second-order valence-corrected chi connectivity index (χ2v) is 4.25. The normalized spacial score (nSPS) is 19.2. The maximum Gasteiger partial charge on any atom is 0.165 e. The summed E-state index contributed by atoms with van der Waals surface area (Å²) in [5.74, 6) is 0.0236. The molecule has 1 aliphatic carbocycles. The molecule has 4 heteroatoms. The lowest BCUT2D eigenvalue weighted by molar-refractivity contribution is 0.122. The van der Waals surface area contributed by atoms with E-state index in [0.717, 1.165) is 12.8 Å². The molecule has 0 aromatic heterocycles. The van der Waals surface area contributed by atoms with Gasteiger partial charge in [-0.1, -0.05) is 6.07 Å². The second kappa shape index (κ2) is 4.39. The van der Waals surface area contributed by atoms with Crippen molar-refractivity contribution in [2.75, 3.05) is 7.11 Å². The highest BCUT2D eigenvalue weighted by atomic mass is 19.1. The molecule has 1 aromatic rings. The van der Waals surface area contributed by atoms with Crippen molar-refractivity contribution in [1.82, 2.24) is 0 Å². The van der Waals surface area contributed by atoms with Gasteiger partial charge in [0.25, 0.3) is 0 Å². The van der Waals surface area contributed by atoms with E-state index in [-0.39, 0.29) is 11.7 Å². The van der Waals surface area contributed by atoms with E-state index < -0.39 is 18.0 Å². The van der Waals surface area contributed by atoms with Gasteiger partial charge in [-0.15, -0.1) is 0 Å². The Morgan fingerprint density at radius 3 is 2.69 bits per heavy atom. The van der Waals surface area contributed by atoms with Gasteiger partial charge in [-0.25, -0.2) is 4.39 Å². The fraction of sp³-hybridized carbons (Fsp3) is 0.500. The summed E-state index contributed by atoms with van der Waals surface area (Å²) < 4.78 is 18.3. The van der Waals surface area contributed by atoms with Crippen LogP contribution in [0.1, 0.15) is 24.4 Å². The third-order valence-electron chi connectivity index (χ3n) is 3.03. The number of benzene rings is 1. The lowest BCUT2D eigenvalue weighted by atomic mass is 9.99. The van der Waals surface area contributed by atoms with E-state index in [0.29, 0.717) is 5.56 Å². The number of nitrogens with two attached hydrogens (primary N) is 1. The van der Waals surface area contributed by atoms with Gasteiger partial charge in [0.2, 0.25) is 0 Å². The first-order valence-corrected chi connectivity index (χ1v) is 5.40. The van der Waals surface area contributed by atoms with Crippen molar-refractivity contribution in [1.29, 1.82) is 0 Å². The van der Waals surface area contributed by atoms with Gasteiger partial charge in [-0.05, 0) is 36.5 Å². The van der Waals surface area contributed by atoms with Crippen LogP contribution in [0.25, 0.3) is 0 Å². The van der Waals surface area contributed by atoms with E-state index >= 15 is 0 Å². The Hall–Kier alpha value is -1.13. The molecule has 16 heavy (non-hydrogen) atoms. The predicted molar refractivity (Wildman–Crippen MR) is 58.6 cm³/mol. The Balaban J connectivity index is 2.16.